The van der Waals surface area contributed by atoms with Gasteiger partial charge in [0.2, 0.25) is 10.0 Å². The number of benzene rings is 1. The van der Waals surface area contributed by atoms with Crippen LogP contribution in [0.5, 0.6) is 0 Å². The molecule has 26 heavy (non-hydrogen) atoms. The van der Waals surface area contributed by atoms with Crippen molar-refractivity contribution >= 4 is 21.4 Å². The summed E-state index contributed by atoms with van der Waals surface area (Å²) in [6.45, 7) is 4.46. The third-order valence-electron chi connectivity index (χ3n) is 3.93. The standard InChI is InChI=1S/C18H19N3O3S2/c1-12(2)14-5-3-13(4-6-14)10-19-26(23,24)18-9-15(11-25-18)16-7-8-17(22)21-20-16/h3-9,11-12,19H,10H2,1-2H3,(H,21,22). The van der Waals surface area contributed by atoms with E-state index in [1.807, 2.05) is 24.3 Å². The van der Waals surface area contributed by atoms with Crippen LogP contribution in [-0.2, 0) is 16.6 Å². The summed E-state index contributed by atoms with van der Waals surface area (Å²) in [7, 11) is -3.61. The molecule has 0 radical (unpaired) electrons. The summed E-state index contributed by atoms with van der Waals surface area (Å²) in [5, 5.41) is 7.95. The number of sulfonamides is 1. The van der Waals surface area contributed by atoms with Gasteiger partial charge < -0.3 is 0 Å². The van der Waals surface area contributed by atoms with Gasteiger partial charge in [-0.05, 0) is 29.2 Å². The SMILES string of the molecule is CC(C)c1ccc(CNS(=O)(=O)c2cc(-c3ccc(=O)[nH]n3)cs2)cc1. The minimum absolute atomic E-state index is 0.208. The maximum Gasteiger partial charge on any atom is 0.264 e. The molecule has 0 saturated carbocycles. The molecular weight excluding hydrogens is 370 g/mol. The number of hydrogen-bond acceptors (Lipinski definition) is 5. The zero-order chi connectivity index (χ0) is 18.7. The normalized spacial score (nSPS) is 11.8. The molecule has 0 saturated heterocycles. The number of rotatable bonds is 6. The van der Waals surface area contributed by atoms with Gasteiger partial charge in [0.1, 0.15) is 4.21 Å². The first kappa shape index (κ1) is 18.5. The van der Waals surface area contributed by atoms with Crippen LogP contribution in [0.3, 0.4) is 0 Å². The molecule has 3 rings (SSSR count). The molecule has 0 fully saturated rings. The molecule has 136 valence electrons. The molecule has 0 unspecified atom stereocenters. The van der Waals surface area contributed by atoms with Gasteiger partial charge in [-0.1, -0.05) is 38.1 Å². The summed E-state index contributed by atoms with van der Waals surface area (Å²) in [6.07, 6.45) is 0. The van der Waals surface area contributed by atoms with E-state index in [1.54, 1.807) is 17.5 Å². The van der Waals surface area contributed by atoms with Gasteiger partial charge in [0.25, 0.3) is 5.56 Å². The van der Waals surface area contributed by atoms with Crippen molar-refractivity contribution in [2.24, 2.45) is 0 Å². The van der Waals surface area contributed by atoms with Gasteiger partial charge in [-0.3, -0.25) is 4.79 Å². The van der Waals surface area contributed by atoms with E-state index >= 15 is 0 Å². The molecule has 2 heterocycles. The average Bonchev–Trinajstić information content (AvgIpc) is 3.12. The Bertz CT molecular complexity index is 1030. The van der Waals surface area contributed by atoms with Crippen LogP contribution in [0, 0.1) is 0 Å². The highest BCUT2D eigenvalue weighted by molar-refractivity contribution is 7.91. The summed E-state index contributed by atoms with van der Waals surface area (Å²) >= 11 is 1.11. The van der Waals surface area contributed by atoms with E-state index in [2.05, 4.69) is 28.8 Å². The second-order valence-corrected chi connectivity index (χ2v) is 9.09. The fraction of sp³-hybridized carbons (Fsp3) is 0.222. The Labute approximate surface area is 156 Å². The van der Waals surface area contributed by atoms with Gasteiger partial charge in [0, 0.05) is 23.6 Å². The van der Waals surface area contributed by atoms with Crippen molar-refractivity contribution in [1.82, 2.24) is 14.9 Å². The highest BCUT2D eigenvalue weighted by Crippen LogP contribution is 2.26. The van der Waals surface area contributed by atoms with Crippen molar-refractivity contribution in [2.45, 2.75) is 30.5 Å². The lowest BCUT2D eigenvalue weighted by Gasteiger charge is -2.08. The maximum atomic E-state index is 12.5. The largest absolute Gasteiger partial charge is 0.268 e. The Morgan fingerprint density at radius 2 is 1.88 bits per heavy atom. The summed E-state index contributed by atoms with van der Waals surface area (Å²) in [5.41, 5.74) is 2.98. The van der Waals surface area contributed by atoms with Crippen LogP contribution in [-0.4, -0.2) is 18.6 Å². The molecule has 6 nitrogen and oxygen atoms in total. The molecule has 0 bridgehead atoms. The van der Waals surface area contributed by atoms with Crippen LogP contribution in [0.15, 0.2) is 56.8 Å². The lowest BCUT2D eigenvalue weighted by atomic mass is 10.0. The summed E-state index contributed by atoms with van der Waals surface area (Å²) in [5.74, 6) is 0.437. The summed E-state index contributed by atoms with van der Waals surface area (Å²) in [4.78, 5) is 11.1. The van der Waals surface area contributed by atoms with E-state index < -0.39 is 10.0 Å². The molecule has 0 aliphatic heterocycles. The Kier molecular flexibility index (Phi) is 5.36. The third-order valence-corrected chi connectivity index (χ3v) is 6.77. The van der Waals surface area contributed by atoms with E-state index in [0.29, 0.717) is 17.2 Å². The van der Waals surface area contributed by atoms with Crippen molar-refractivity contribution in [3.05, 3.63) is 69.3 Å². The van der Waals surface area contributed by atoms with E-state index in [-0.39, 0.29) is 16.3 Å². The van der Waals surface area contributed by atoms with Crippen molar-refractivity contribution in [3.8, 4) is 11.3 Å². The minimum atomic E-state index is -3.61. The van der Waals surface area contributed by atoms with Crippen LogP contribution in [0.1, 0.15) is 30.9 Å². The number of H-pyrrole nitrogens is 1. The second kappa shape index (κ2) is 7.53. The molecule has 2 aromatic heterocycles. The first-order chi connectivity index (χ1) is 12.3. The van der Waals surface area contributed by atoms with E-state index in [0.717, 1.165) is 16.9 Å². The van der Waals surface area contributed by atoms with Gasteiger partial charge in [-0.15, -0.1) is 11.3 Å². The Morgan fingerprint density at radius 3 is 2.50 bits per heavy atom. The second-order valence-electron chi connectivity index (χ2n) is 6.18. The van der Waals surface area contributed by atoms with Crippen LogP contribution >= 0.6 is 11.3 Å². The number of hydrogen-bond donors (Lipinski definition) is 2. The van der Waals surface area contributed by atoms with Crippen LogP contribution < -0.4 is 10.3 Å². The fourth-order valence-corrected chi connectivity index (χ4v) is 4.60. The molecule has 0 spiro atoms. The van der Waals surface area contributed by atoms with Crippen molar-refractivity contribution in [1.29, 1.82) is 0 Å². The monoisotopic (exact) mass is 389 g/mol. The number of aromatic amines is 1. The predicted octanol–water partition coefficient (Wildman–Crippen LogP) is 3.10. The number of nitrogens with one attached hydrogen (secondary N) is 2. The molecule has 8 heteroatoms. The zero-order valence-electron chi connectivity index (χ0n) is 14.4. The fourth-order valence-electron chi connectivity index (χ4n) is 2.37. The van der Waals surface area contributed by atoms with Crippen LogP contribution in [0.4, 0.5) is 0 Å². The Morgan fingerprint density at radius 1 is 1.15 bits per heavy atom. The van der Waals surface area contributed by atoms with Gasteiger partial charge in [0.05, 0.1) is 5.69 Å². The molecule has 0 aliphatic carbocycles. The number of thiophene rings is 1. The molecule has 3 aromatic rings. The number of nitrogens with zero attached hydrogens (tertiary/aromatic N) is 1. The van der Waals surface area contributed by atoms with Crippen molar-refractivity contribution in [3.63, 3.8) is 0 Å². The van der Waals surface area contributed by atoms with E-state index in [9.17, 15) is 13.2 Å². The molecule has 0 aliphatic rings. The first-order valence-corrected chi connectivity index (χ1v) is 10.4. The topological polar surface area (TPSA) is 91.9 Å². The van der Waals surface area contributed by atoms with E-state index in [4.69, 9.17) is 0 Å². The number of aromatic nitrogens is 2. The van der Waals surface area contributed by atoms with Crippen LogP contribution in [0.2, 0.25) is 0 Å². The van der Waals surface area contributed by atoms with Gasteiger partial charge >= 0.3 is 0 Å². The van der Waals surface area contributed by atoms with E-state index in [1.165, 1.54) is 11.6 Å². The molecular formula is C18H19N3O3S2. The first-order valence-electron chi connectivity index (χ1n) is 8.08. The van der Waals surface area contributed by atoms with Crippen molar-refractivity contribution in [2.75, 3.05) is 0 Å². The van der Waals surface area contributed by atoms with Gasteiger partial charge in [0.15, 0.2) is 0 Å². The highest BCUT2D eigenvalue weighted by Gasteiger charge is 2.17. The molecule has 1 aromatic carbocycles. The lowest BCUT2D eigenvalue weighted by Crippen LogP contribution is -2.22. The molecule has 2 N–H and O–H groups in total. The summed E-state index contributed by atoms with van der Waals surface area (Å²) in [6, 6.07) is 12.4. The lowest BCUT2D eigenvalue weighted by molar-refractivity contribution is 0.583. The van der Waals surface area contributed by atoms with Gasteiger partial charge in [-0.25, -0.2) is 18.2 Å². The Hall–Kier alpha value is -2.29. The smallest absolute Gasteiger partial charge is 0.264 e. The minimum Gasteiger partial charge on any atom is -0.268 e. The Balaban J connectivity index is 1.72. The van der Waals surface area contributed by atoms with Crippen LogP contribution in [0.25, 0.3) is 11.3 Å². The maximum absolute atomic E-state index is 12.5. The predicted molar refractivity (Wildman–Crippen MR) is 103 cm³/mol. The van der Waals surface area contributed by atoms with Gasteiger partial charge in [-0.2, -0.15) is 5.10 Å². The highest BCUT2D eigenvalue weighted by atomic mass is 32.2. The summed E-state index contributed by atoms with van der Waals surface area (Å²) < 4.78 is 27.8. The van der Waals surface area contributed by atoms with Crippen molar-refractivity contribution < 1.29 is 8.42 Å². The third kappa shape index (κ3) is 4.27. The molecule has 0 amide bonds. The quantitative estimate of drug-likeness (QED) is 0.678. The average molecular weight is 390 g/mol. The molecule has 0 atom stereocenters. The zero-order valence-corrected chi connectivity index (χ0v) is 16.0.